The Hall–Kier alpha value is -1.80. The van der Waals surface area contributed by atoms with E-state index < -0.39 is 34.5 Å². The molecule has 0 aliphatic heterocycles. The summed E-state index contributed by atoms with van der Waals surface area (Å²) in [4.78, 5) is 11.8. The van der Waals surface area contributed by atoms with E-state index in [-0.39, 0.29) is 6.07 Å². The first-order chi connectivity index (χ1) is 7.23. The second-order valence-electron chi connectivity index (χ2n) is 2.68. The Labute approximate surface area is 84.9 Å². The van der Waals surface area contributed by atoms with Gasteiger partial charge < -0.3 is 0 Å². The molecule has 9 heteroatoms. The molecule has 0 fully saturated rings. The monoisotopic (exact) mass is 242 g/mol. The molecule has 0 bridgehead atoms. The second kappa shape index (κ2) is 3.99. The molecule has 1 aromatic rings. The van der Waals surface area contributed by atoms with E-state index in [0.29, 0.717) is 6.20 Å². The lowest BCUT2D eigenvalue weighted by molar-refractivity contribution is -0.385. The van der Waals surface area contributed by atoms with Crippen molar-refractivity contribution in [1.82, 2.24) is 4.98 Å². The SMILES string of the molecule is O=[N+]([O-])c1cnc(C(F)F)c(C(F)(F)F)c1. The highest BCUT2D eigenvalue weighted by Crippen LogP contribution is 2.36. The maximum Gasteiger partial charge on any atom is 0.418 e. The standard InChI is InChI=1S/C7H3F5N2O2/c8-6(9)5-4(7(10,11)12)1-3(2-13-5)14(15)16/h1-2,6H. The quantitative estimate of drug-likeness (QED) is 0.455. The molecule has 0 radical (unpaired) electrons. The van der Waals surface area contributed by atoms with Crippen molar-refractivity contribution in [2.24, 2.45) is 0 Å². The molecular formula is C7H3F5N2O2. The molecular weight excluding hydrogens is 239 g/mol. The van der Waals surface area contributed by atoms with Gasteiger partial charge in [-0.05, 0) is 0 Å². The minimum Gasteiger partial charge on any atom is -0.258 e. The third kappa shape index (κ3) is 2.41. The summed E-state index contributed by atoms with van der Waals surface area (Å²) in [6.07, 6.45) is -8.20. The van der Waals surface area contributed by atoms with E-state index in [2.05, 4.69) is 4.98 Å². The van der Waals surface area contributed by atoms with E-state index in [1.54, 1.807) is 0 Å². The molecule has 0 atom stereocenters. The Kier molecular flexibility index (Phi) is 3.06. The number of nitrogens with zero attached hydrogens (tertiary/aromatic N) is 2. The molecule has 16 heavy (non-hydrogen) atoms. The van der Waals surface area contributed by atoms with Crippen molar-refractivity contribution < 1.29 is 26.9 Å². The van der Waals surface area contributed by atoms with Crippen molar-refractivity contribution >= 4 is 5.69 Å². The Morgan fingerprint density at radius 1 is 1.38 bits per heavy atom. The average molecular weight is 242 g/mol. The molecule has 0 N–H and O–H groups in total. The van der Waals surface area contributed by atoms with Gasteiger partial charge >= 0.3 is 6.18 Å². The first-order valence-electron chi connectivity index (χ1n) is 3.73. The van der Waals surface area contributed by atoms with Crippen LogP contribution in [0.5, 0.6) is 0 Å². The van der Waals surface area contributed by atoms with Crippen LogP contribution in [0.4, 0.5) is 27.6 Å². The van der Waals surface area contributed by atoms with E-state index in [9.17, 15) is 32.1 Å². The highest BCUT2D eigenvalue weighted by molar-refractivity contribution is 5.36. The highest BCUT2D eigenvalue weighted by Gasteiger charge is 2.38. The Balaban J connectivity index is 3.39. The van der Waals surface area contributed by atoms with Crippen molar-refractivity contribution in [3.63, 3.8) is 0 Å². The Bertz CT molecular complexity index is 418. The molecule has 0 saturated carbocycles. The third-order valence-electron chi connectivity index (χ3n) is 1.63. The van der Waals surface area contributed by atoms with Crippen LogP contribution in [0.1, 0.15) is 17.7 Å². The van der Waals surface area contributed by atoms with Crippen LogP contribution in [0.2, 0.25) is 0 Å². The number of halogens is 5. The van der Waals surface area contributed by atoms with E-state index in [1.807, 2.05) is 0 Å². The van der Waals surface area contributed by atoms with Crippen molar-refractivity contribution in [3.8, 4) is 0 Å². The van der Waals surface area contributed by atoms with Crippen molar-refractivity contribution in [2.45, 2.75) is 12.6 Å². The van der Waals surface area contributed by atoms with Crippen LogP contribution in [0.25, 0.3) is 0 Å². The summed E-state index contributed by atoms with van der Waals surface area (Å²) in [5, 5.41) is 10.2. The topological polar surface area (TPSA) is 56.0 Å². The van der Waals surface area contributed by atoms with E-state index in [1.165, 1.54) is 0 Å². The van der Waals surface area contributed by atoms with Gasteiger partial charge in [-0.1, -0.05) is 0 Å². The smallest absolute Gasteiger partial charge is 0.258 e. The summed E-state index contributed by atoms with van der Waals surface area (Å²) in [5.41, 5.74) is -4.30. The summed E-state index contributed by atoms with van der Waals surface area (Å²) < 4.78 is 61.1. The fourth-order valence-electron chi connectivity index (χ4n) is 0.965. The average Bonchev–Trinajstić information content (AvgIpc) is 2.15. The van der Waals surface area contributed by atoms with Gasteiger partial charge in [-0.2, -0.15) is 13.2 Å². The van der Waals surface area contributed by atoms with Crippen LogP contribution in [0, 0.1) is 10.1 Å². The van der Waals surface area contributed by atoms with Crippen LogP contribution in [0.3, 0.4) is 0 Å². The molecule has 0 aliphatic carbocycles. The Morgan fingerprint density at radius 3 is 2.31 bits per heavy atom. The minimum atomic E-state index is -5.11. The van der Waals surface area contributed by atoms with Gasteiger partial charge in [0.05, 0.1) is 10.5 Å². The van der Waals surface area contributed by atoms with Gasteiger partial charge in [-0.15, -0.1) is 0 Å². The Morgan fingerprint density at radius 2 is 1.94 bits per heavy atom. The molecule has 0 spiro atoms. The van der Waals surface area contributed by atoms with Gasteiger partial charge in [-0.3, -0.25) is 10.1 Å². The summed E-state index contributed by atoms with van der Waals surface area (Å²) in [7, 11) is 0. The number of aromatic nitrogens is 1. The van der Waals surface area contributed by atoms with Crippen LogP contribution in [-0.4, -0.2) is 9.91 Å². The lowest BCUT2D eigenvalue weighted by atomic mass is 10.2. The van der Waals surface area contributed by atoms with Crippen molar-refractivity contribution in [2.75, 3.05) is 0 Å². The molecule has 0 aliphatic rings. The fourth-order valence-corrected chi connectivity index (χ4v) is 0.965. The van der Waals surface area contributed by atoms with Gasteiger partial charge in [0.15, 0.2) is 0 Å². The first kappa shape index (κ1) is 12.3. The number of pyridine rings is 1. The zero-order chi connectivity index (χ0) is 12.5. The van der Waals surface area contributed by atoms with Crippen LogP contribution < -0.4 is 0 Å². The van der Waals surface area contributed by atoms with Crippen LogP contribution in [0.15, 0.2) is 12.3 Å². The van der Waals surface area contributed by atoms with E-state index >= 15 is 0 Å². The molecule has 88 valence electrons. The molecule has 0 saturated heterocycles. The summed E-state index contributed by atoms with van der Waals surface area (Å²) >= 11 is 0. The molecule has 4 nitrogen and oxygen atoms in total. The first-order valence-corrected chi connectivity index (χ1v) is 3.73. The lowest BCUT2D eigenvalue weighted by Gasteiger charge is -2.10. The van der Waals surface area contributed by atoms with Gasteiger partial charge in [0.2, 0.25) is 0 Å². The molecule has 1 aromatic heterocycles. The fraction of sp³-hybridized carbons (Fsp3) is 0.286. The van der Waals surface area contributed by atoms with Crippen molar-refractivity contribution in [1.29, 1.82) is 0 Å². The van der Waals surface area contributed by atoms with Crippen LogP contribution >= 0.6 is 0 Å². The molecule has 1 rings (SSSR count). The zero-order valence-corrected chi connectivity index (χ0v) is 7.33. The highest BCUT2D eigenvalue weighted by atomic mass is 19.4. The number of alkyl halides is 5. The zero-order valence-electron chi connectivity index (χ0n) is 7.33. The number of hydrogen-bond donors (Lipinski definition) is 0. The maximum atomic E-state index is 12.3. The largest absolute Gasteiger partial charge is 0.418 e. The van der Waals surface area contributed by atoms with Gasteiger partial charge in [0.25, 0.3) is 12.1 Å². The van der Waals surface area contributed by atoms with Gasteiger partial charge in [0.1, 0.15) is 11.9 Å². The predicted molar refractivity (Wildman–Crippen MR) is 40.9 cm³/mol. The summed E-state index contributed by atoms with van der Waals surface area (Å²) in [6, 6.07) is 0.0362. The summed E-state index contributed by atoms with van der Waals surface area (Å²) in [6.45, 7) is 0. The lowest BCUT2D eigenvalue weighted by Crippen LogP contribution is -2.12. The van der Waals surface area contributed by atoms with Gasteiger partial charge in [-0.25, -0.2) is 13.8 Å². The molecule has 1 heterocycles. The number of hydrogen-bond acceptors (Lipinski definition) is 3. The third-order valence-corrected chi connectivity index (χ3v) is 1.63. The van der Waals surface area contributed by atoms with E-state index in [0.717, 1.165) is 0 Å². The predicted octanol–water partition coefficient (Wildman–Crippen LogP) is 2.95. The van der Waals surface area contributed by atoms with Crippen LogP contribution in [-0.2, 0) is 6.18 Å². The molecule has 0 amide bonds. The second-order valence-corrected chi connectivity index (χ2v) is 2.68. The number of nitro groups is 1. The van der Waals surface area contributed by atoms with Gasteiger partial charge in [0, 0.05) is 6.07 Å². The molecule has 0 aromatic carbocycles. The van der Waals surface area contributed by atoms with E-state index in [4.69, 9.17) is 0 Å². The normalized spacial score (nSPS) is 11.9. The van der Waals surface area contributed by atoms with Crippen molar-refractivity contribution in [3.05, 3.63) is 33.6 Å². The molecule has 0 unspecified atom stereocenters. The minimum absolute atomic E-state index is 0.0362. The maximum absolute atomic E-state index is 12.3. The summed E-state index contributed by atoms with van der Waals surface area (Å²) in [5.74, 6) is 0. The number of rotatable bonds is 2.